The maximum absolute atomic E-state index is 11.3. The SMILES string of the molecule is COC(=O)C(C)(O)CNC(C)c1ccccn1. The lowest BCUT2D eigenvalue weighted by Gasteiger charge is -2.23. The predicted molar refractivity (Wildman–Crippen MR) is 63.3 cm³/mol. The van der Waals surface area contributed by atoms with Crippen molar-refractivity contribution in [3.8, 4) is 0 Å². The second-order valence-electron chi connectivity index (χ2n) is 4.12. The van der Waals surface area contributed by atoms with E-state index in [1.165, 1.54) is 14.0 Å². The van der Waals surface area contributed by atoms with Gasteiger partial charge >= 0.3 is 5.97 Å². The number of carbonyl (C=O) groups is 1. The maximum atomic E-state index is 11.3. The average Bonchev–Trinajstić information content (AvgIpc) is 2.36. The Bertz CT molecular complexity index is 365. The van der Waals surface area contributed by atoms with Crippen LogP contribution in [0.15, 0.2) is 24.4 Å². The summed E-state index contributed by atoms with van der Waals surface area (Å²) in [7, 11) is 1.25. The molecule has 1 aromatic heterocycles. The summed E-state index contributed by atoms with van der Waals surface area (Å²) >= 11 is 0. The molecule has 2 atom stereocenters. The lowest BCUT2D eigenvalue weighted by atomic mass is 10.1. The van der Waals surface area contributed by atoms with E-state index in [4.69, 9.17) is 0 Å². The number of esters is 1. The smallest absolute Gasteiger partial charge is 0.338 e. The monoisotopic (exact) mass is 238 g/mol. The third kappa shape index (κ3) is 3.80. The van der Waals surface area contributed by atoms with E-state index in [9.17, 15) is 9.90 Å². The maximum Gasteiger partial charge on any atom is 0.338 e. The van der Waals surface area contributed by atoms with Crippen molar-refractivity contribution in [3.63, 3.8) is 0 Å². The molecule has 2 unspecified atom stereocenters. The number of methoxy groups -OCH3 is 1. The number of hydrogen-bond donors (Lipinski definition) is 2. The highest BCUT2D eigenvalue weighted by Gasteiger charge is 2.31. The molecule has 0 aliphatic rings. The van der Waals surface area contributed by atoms with E-state index in [0.717, 1.165) is 5.69 Å². The predicted octanol–water partition coefficient (Wildman–Crippen LogP) is 0.656. The summed E-state index contributed by atoms with van der Waals surface area (Å²) in [5, 5.41) is 12.9. The molecule has 0 aliphatic carbocycles. The van der Waals surface area contributed by atoms with E-state index in [1.54, 1.807) is 6.20 Å². The number of aliphatic hydroxyl groups is 1. The van der Waals surface area contributed by atoms with Crippen molar-refractivity contribution in [2.45, 2.75) is 25.5 Å². The number of carbonyl (C=O) groups excluding carboxylic acids is 1. The van der Waals surface area contributed by atoms with E-state index in [2.05, 4.69) is 15.0 Å². The van der Waals surface area contributed by atoms with Gasteiger partial charge in [0.05, 0.1) is 12.8 Å². The topological polar surface area (TPSA) is 71.5 Å². The first kappa shape index (κ1) is 13.6. The fraction of sp³-hybridized carbons (Fsp3) is 0.500. The minimum Gasteiger partial charge on any atom is -0.467 e. The van der Waals surface area contributed by atoms with E-state index in [1.807, 2.05) is 25.1 Å². The van der Waals surface area contributed by atoms with Gasteiger partial charge in [-0.2, -0.15) is 0 Å². The number of hydrogen-bond acceptors (Lipinski definition) is 5. The molecule has 17 heavy (non-hydrogen) atoms. The molecule has 2 N–H and O–H groups in total. The van der Waals surface area contributed by atoms with Crippen LogP contribution in [0, 0.1) is 0 Å². The second kappa shape index (κ2) is 5.75. The van der Waals surface area contributed by atoms with Gasteiger partial charge in [-0.3, -0.25) is 4.98 Å². The van der Waals surface area contributed by atoms with Crippen LogP contribution in [-0.2, 0) is 9.53 Å². The minimum absolute atomic E-state index is 0.0488. The molecule has 1 aromatic rings. The zero-order valence-electron chi connectivity index (χ0n) is 10.3. The first-order chi connectivity index (χ1) is 7.97. The summed E-state index contributed by atoms with van der Waals surface area (Å²) in [4.78, 5) is 15.4. The second-order valence-corrected chi connectivity index (χ2v) is 4.12. The van der Waals surface area contributed by atoms with Crippen LogP contribution in [0.3, 0.4) is 0 Å². The molecule has 1 heterocycles. The zero-order valence-corrected chi connectivity index (χ0v) is 10.3. The van der Waals surface area contributed by atoms with Crippen molar-refractivity contribution in [3.05, 3.63) is 30.1 Å². The Morgan fingerprint density at radius 3 is 2.88 bits per heavy atom. The highest BCUT2D eigenvalue weighted by molar-refractivity contribution is 5.78. The summed E-state index contributed by atoms with van der Waals surface area (Å²) in [6, 6.07) is 5.55. The third-order valence-corrected chi connectivity index (χ3v) is 2.51. The van der Waals surface area contributed by atoms with Crippen LogP contribution in [0.1, 0.15) is 25.6 Å². The lowest BCUT2D eigenvalue weighted by molar-refractivity contribution is -0.160. The number of rotatable bonds is 5. The van der Waals surface area contributed by atoms with Crippen LogP contribution in [0.2, 0.25) is 0 Å². The number of ether oxygens (including phenoxy) is 1. The molecular weight excluding hydrogens is 220 g/mol. The summed E-state index contributed by atoms with van der Waals surface area (Å²) in [6.45, 7) is 3.43. The fourth-order valence-corrected chi connectivity index (χ4v) is 1.38. The van der Waals surface area contributed by atoms with E-state index >= 15 is 0 Å². The van der Waals surface area contributed by atoms with Gasteiger partial charge < -0.3 is 15.2 Å². The Hall–Kier alpha value is -1.46. The summed E-state index contributed by atoms with van der Waals surface area (Å²) in [5.41, 5.74) is -0.675. The van der Waals surface area contributed by atoms with Crippen LogP contribution < -0.4 is 5.32 Å². The normalized spacial score (nSPS) is 16.0. The molecule has 0 aliphatic heterocycles. The highest BCUT2D eigenvalue weighted by Crippen LogP contribution is 2.10. The average molecular weight is 238 g/mol. The molecule has 0 bridgehead atoms. The van der Waals surface area contributed by atoms with Crippen molar-refractivity contribution in [1.82, 2.24) is 10.3 Å². The molecule has 0 saturated carbocycles. The van der Waals surface area contributed by atoms with Crippen LogP contribution in [0.5, 0.6) is 0 Å². The Morgan fingerprint density at radius 1 is 1.65 bits per heavy atom. The van der Waals surface area contributed by atoms with E-state index in [-0.39, 0.29) is 12.6 Å². The van der Waals surface area contributed by atoms with Gasteiger partial charge in [-0.05, 0) is 26.0 Å². The largest absolute Gasteiger partial charge is 0.467 e. The highest BCUT2D eigenvalue weighted by atomic mass is 16.5. The van der Waals surface area contributed by atoms with E-state index in [0.29, 0.717) is 0 Å². The third-order valence-electron chi connectivity index (χ3n) is 2.51. The van der Waals surface area contributed by atoms with Crippen LogP contribution >= 0.6 is 0 Å². The van der Waals surface area contributed by atoms with Gasteiger partial charge in [-0.25, -0.2) is 4.79 Å². The molecule has 0 saturated heterocycles. The fourth-order valence-electron chi connectivity index (χ4n) is 1.38. The van der Waals surface area contributed by atoms with Gasteiger partial charge in [0.15, 0.2) is 5.60 Å². The van der Waals surface area contributed by atoms with Gasteiger partial charge in [0.25, 0.3) is 0 Å². The molecule has 0 fully saturated rings. The van der Waals surface area contributed by atoms with Crippen LogP contribution in [0.4, 0.5) is 0 Å². The molecular formula is C12H18N2O3. The molecule has 5 nitrogen and oxygen atoms in total. The van der Waals surface area contributed by atoms with Crippen LogP contribution in [0.25, 0.3) is 0 Å². The van der Waals surface area contributed by atoms with Gasteiger partial charge in [-0.15, -0.1) is 0 Å². The molecule has 0 amide bonds. The van der Waals surface area contributed by atoms with Gasteiger partial charge in [0.2, 0.25) is 0 Å². The molecule has 5 heteroatoms. The minimum atomic E-state index is -1.53. The molecule has 0 spiro atoms. The Morgan fingerprint density at radius 2 is 2.35 bits per heavy atom. The number of aromatic nitrogens is 1. The van der Waals surface area contributed by atoms with Crippen LogP contribution in [-0.4, -0.2) is 35.3 Å². The number of nitrogens with zero attached hydrogens (tertiary/aromatic N) is 1. The summed E-state index contributed by atoms with van der Waals surface area (Å²) in [6.07, 6.45) is 1.70. The van der Waals surface area contributed by atoms with E-state index < -0.39 is 11.6 Å². The quantitative estimate of drug-likeness (QED) is 0.737. The Labute approximate surface area is 101 Å². The van der Waals surface area contributed by atoms with Gasteiger partial charge in [-0.1, -0.05) is 6.07 Å². The lowest BCUT2D eigenvalue weighted by Crippen LogP contribution is -2.46. The number of nitrogens with one attached hydrogen (secondary N) is 1. The van der Waals surface area contributed by atoms with Crippen molar-refractivity contribution < 1.29 is 14.6 Å². The van der Waals surface area contributed by atoms with Crippen molar-refractivity contribution in [1.29, 1.82) is 0 Å². The van der Waals surface area contributed by atoms with Crippen molar-refractivity contribution in [2.75, 3.05) is 13.7 Å². The van der Waals surface area contributed by atoms with Gasteiger partial charge in [0.1, 0.15) is 0 Å². The van der Waals surface area contributed by atoms with Gasteiger partial charge in [0, 0.05) is 18.8 Å². The zero-order chi connectivity index (χ0) is 12.9. The molecule has 94 valence electrons. The first-order valence-electron chi connectivity index (χ1n) is 5.42. The van der Waals surface area contributed by atoms with Crippen molar-refractivity contribution >= 4 is 5.97 Å². The molecule has 0 aromatic carbocycles. The Kier molecular flexibility index (Phi) is 4.60. The molecule has 1 rings (SSSR count). The number of pyridine rings is 1. The first-order valence-corrected chi connectivity index (χ1v) is 5.42. The van der Waals surface area contributed by atoms with Crippen molar-refractivity contribution in [2.24, 2.45) is 0 Å². The summed E-state index contributed by atoms with van der Waals surface area (Å²) < 4.78 is 4.51. The molecule has 0 radical (unpaired) electrons. The Balaban J connectivity index is 2.54. The standard InChI is InChI=1S/C12H18N2O3/c1-9(10-6-4-5-7-13-10)14-8-12(2,16)11(15)17-3/h4-7,9,14,16H,8H2,1-3H3. The summed E-state index contributed by atoms with van der Waals surface area (Å²) in [5.74, 6) is -0.654.